The summed E-state index contributed by atoms with van der Waals surface area (Å²) in [5.41, 5.74) is -0.640. The molecule has 5 unspecified atom stereocenters. The van der Waals surface area contributed by atoms with Gasteiger partial charge >= 0.3 is 12.1 Å². The number of unbranched alkanes of at least 4 members (excludes halogenated alkanes) is 3. The van der Waals surface area contributed by atoms with Gasteiger partial charge in [0, 0.05) is 16.5 Å². The summed E-state index contributed by atoms with van der Waals surface area (Å²) < 4.78 is 17.0. The molecule has 0 bridgehead atoms. The van der Waals surface area contributed by atoms with Gasteiger partial charge in [-0.05, 0) is 43.4 Å². The van der Waals surface area contributed by atoms with E-state index in [0.29, 0.717) is 23.0 Å². The van der Waals surface area contributed by atoms with Crippen LogP contribution in [0.4, 0.5) is 4.79 Å². The number of carbonyl (C=O) groups is 2. The van der Waals surface area contributed by atoms with Gasteiger partial charge in [-0.15, -0.1) is 0 Å². The first kappa shape index (κ1) is 25.1. The molecule has 3 saturated carbocycles. The summed E-state index contributed by atoms with van der Waals surface area (Å²) in [6.45, 7) is 2.25. The monoisotopic (exact) mass is 510 g/mol. The largest absolute Gasteiger partial charge is 0.511 e. The molecule has 0 aliphatic heterocycles. The Kier molecular flexibility index (Phi) is 7.30. The third-order valence-corrected chi connectivity index (χ3v) is 9.18. The number of esters is 1. The van der Waals surface area contributed by atoms with E-state index in [1.165, 1.54) is 38.5 Å². The van der Waals surface area contributed by atoms with Crippen LogP contribution in [-0.4, -0.2) is 24.3 Å². The van der Waals surface area contributed by atoms with Crippen molar-refractivity contribution >= 4 is 23.7 Å². The van der Waals surface area contributed by atoms with Crippen molar-refractivity contribution in [3.63, 3.8) is 0 Å². The molecule has 5 nitrogen and oxygen atoms in total. The number of ether oxygens (including phenoxy) is 3. The molecule has 6 heteroatoms. The predicted molar refractivity (Wildman–Crippen MR) is 137 cm³/mol. The Morgan fingerprint density at radius 3 is 2.17 bits per heavy atom. The highest BCUT2D eigenvalue weighted by atomic mass is 35.5. The summed E-state index contributed by atoms with van der Waals surface area (Å²) in [7, 11) is 0. The zero-order valence-electron chi connectivity index (χ0n) is 20.9. The second-order valence-corrected chi connectivity index (χ2v) is 10.7. The zero-order chi connectivity index (χ0) is 25.2. The Bertz CT molecular complexity index is 1010. The van der Waals surface area contributed by atoms with Crippen LogP contribution in [0.3, 0.4) is 0 Å². The number of alkyl halides is 1. The van der Waals surface area contributed by atoms with E-state index in [9.17, 15) is 9.59 Å². The normalized spacial score (nSPS) is 27.8. The van der Waals surface area contributed by atoms with E-state index in [0.717, 1.165) is 18.8 Å². The number of carbonyl (C=O) groups excluding carboxylic acids is 2. The van der Waals surface area contributed by atoms with Crippen molar-refractivity contribution in [2.24, 2.45) is 23.2 Å². The quantitative estimate of drug-likeness (QED) is 0.181. The van der Waals surface area contributed by atoms with Gasteiger partial charge in [0.05, 0.1) is 0 Å². The minimum atomic E-state index is -1.78. The third kappa shape index (κ3) is 4.00. The Hall–Kier alpha value is -2.53. The van der Waals surface area contributed by atoms with Crippen molar-refractivity contribution in [2.45, 2.75) is 70.0 Å². The van der Waals surface area contributed by atoms with Gasteiger partial charge in [-0.2, -0.15) is 0 Å². The average molecular weight is 511 g/mol. The van der Waals surface area contributed by atoms with Crippen LogP contribution in [-0.2, 0) is 24.6 Å². The first-order valence-electron chi connectivity index (χ1n) is 13.3. The highest BCUT2D eigenvalue weighted by Gasteiger charge is 2.76. The minimum Gasteiger partial charge on any atom is -0.458 e. The van der Waals surface area contributed by atoms with E-state index in [4.69, 9.17) is 25.8 Å². The Labute approximate surface area is 218 Å². The van der Waals surface area contributed by atoms with Crippen molar-refractivity contribution in [1.82, 2.24) is 0 Å². The number of rotatable bonds is 11. The van der Waals surface area contributed by atoms with E-state index in [-0.39, 0.29) is 17.6 Å². The molecule has 1 spiro atoms. The second kappa shape index (κ2) is 10.5. The van der Waals surface area contributed by atoms with Crippen LogP contribution in [0, 0.1) is 23.2 Å². The minimum absolute atomic E-state index is 0.126. The van der Waals surface area contributed by atoms with E-state index in [2.05, 4.69) is 6.92 Å². The van der Waals surface area contributed by atoms with Crippen LogP contribution >= 0.6 is 11.6 Å². The van der Waals surface area contributed by atoms with Gasteiger partial charge < -0.3 is 14.2 Å². The lowest BCUT2D eigenvalue weighted by Gasteiger charge is -2.78. The molecule has 2 aromatic carbocycles. The summed E-state index contributed by atoms with van der Waals surface area (Å²) in [6, 6.07) is 17.7. The molecular formula is C30H35ClO5. The maximum absolute atomic E-state index is 14.1. The van der Waals surface area contributed by atoms with Gasteiger partial charge in [-0.25, -0.2) is 9.59 Å². The summed E-state index contributed by atoms with van der Waals surface area (Å²) >= 11 is 5.63. The Morgan fingerprint density at radius 2 is 1.64 bits per heavy atom. The molecule has 192 valence electrons. The summed E-state index contributed by atoms with van der Waals surface area (Å²) in [4.78, 5) is 26.7. The lowest BCUT2D eigenvalue weighted by Crippen LogP contribution is -2.76. The lowest BCUT2D eigenvalue weighted by atomic mass is 9.28. The van der Waals surface area contributed by atoms with Gasteiger partial charge in [-0.3, -0.25) is 0 Å². The molecule has 0 N–H and O–H groups in total. The summed E-state index contributed by atoms with van der Waals surface area (Å²) in [5.74, 6) is 1.50. The fourth-order valence-corrected chi connectivity index (χ4v) is 7.37. The van der Waals surface area contributed by atoms with Crippen LogP contribution in [0.5, 0.6) is 0 Å². The van der Waals surface area contributed by atoms with Crippen LogP contribution in [0.2, 0.25) is 0 Å². The van der Waals surface area contributed by atoms with Crippen LogP contribution in [0.25, 0.3) is 0 Å². The molecule has 0 saturated heterocycles. The van der Waals surface area contributed by atoms with Crippen LogP contribution in [0.15, 0.2) is 60.7 Å². The molecule has 3 aliphatic rings. The lowest BCUT2D eigenvalue weighted by molar-refractivity contribution is -0.333. The molecule has 3 fully saturated rings. The maximum atomic E-state index is 14.1. The second-order valence-electron chi connectivity index (χ2n) is 10.5. The third-order valence-electron chi connectivity index (χ3n) is 9.07. The van der Waals surface area contributed by atoms with Crippen LogP contribution < -0.4 is 0 Å². The summed E-state index contributed by atoms with van der Waals surface area (Å²) in [5, 5.41) is 0. The van der Waals surface area contributed by atoms with Gasteiger partial charge in [0.1, 0.15) is 6.10 Å². The first-order valence-corrected chi connectivity index (χ1v) is 13.8. The topological polar surface area (TPSA) is 61.8 Å². The number of halogens is 1. The molecule has 2 aromatic rings. The number of benzene rings is 2. The standard InChI is InChI=1S/C30H35ClO5/c1-2-3-4-11-16-23-24-17-18-29(24)25(23)19-26(29)35-27(32)30(36-28(33)34-20-31,21-12-7-5-8-13-21)22-14-9-6-10-15-22/h5-10,12-15,23-26H,2-4,11,16-20H2,1H3. The number of hydrogen-bond donors (Lipinski definition) is 0. The van der Waals surface area contributed by atoms with Crippen molar-refractivity contribution in [3.05, 3.63) is 71.8 Å². The van der Waals surface area contributed by atoms with Crippen molar-refractivity contribution < 1.29 is 23.8 Å². The predicted octanol–water partition coefficient (Wildman–Crippen LogP) is 7.21. The van der Waals surface area contributed by atoms with Gasteiger partial charge in [0.2, 0.25) is 0 Å². The van der Waals surface area contributed by atoms with Crippen molar-refractivity contribution in [3.8, 4) is 0 Å². The highest BCUT2D eigenvalue weighted by molar-refractivity contribution is 6.17. The molecule has 0 aromatic heterocycles. The maximum Gasteiger partial charge on any atom is 0.511 e. The molecular weight excluding hydrogens is 476 g/mol. The van der Waals surface area contributed by atoms with Crippen molar-refractivity contribution in [2.75, 3.05) is 6.07 Å². The summed E-state index contributed by atoms with van der Waals surface area (Å²) in [6.07, 6.45) is 8.55. The fourth-order valence-electron chi connectivity index (χ4n) is 7.29. The molecule has 0 radical (unpaired) electrons. The zero-order valence-corrected chi connectivity index (χ0v) is 21.6. The molecule has 36 heavy (non-hydrogen) atoms. The van der Waals surface area contributed by atoms with E-state index >= 15 is 0 Å². The van der Waals surface area contributed by atoms with Gasteiger partial charge in [0.15, 0.2) is 6.07 Å². The molecule has 5 rings (SSSR count). The highest BCUT2D eigenvalue weighted by Crippen LogP contribution is 2.78. The van der Waals surface area contributed by atoms with E-state index in [1.54, 1.807) is 24.3 Å². The molecule has 3 aliphatic carbocycles. The van der Waals surface area contributed by atoms with Crippen molar-refractivity contribution in [1.29, 1.82) is 0 Å². The smallest absolute Gasteiger partial charge is 0.458 e. The Balaban J connectivity index is 1.39. The average Bonchev–Trinajstić information content (AvgIpc) is 2.87. The first-order chi connectivity index (χ1) is 17.6. The fraction of sp³-hybridized carbons (Fsp3) is 0.533. The molecule has 0 amide bonds. The molecule has 0 heterocycles. The van der Waals surface area contributed by atoms with Gasteiger partial charge in [-0.1, -0.05) is 105 Å². The van der Waals surface area contributed by atoms with E-state index in [1.807, 2.05) is 36.4 Å². The number of hydrogen-bond acceptors (Lipinski definition) is 5. The molecule has 5 atom stereocenters. The van der Waals surface area contributed by atoms with E-state index < -0.39 is 17.7 Å². The van der Waals surface area contributed by atoms with Crippen LogP contribution in [0.1, 0.15) is 69.4 Å². The van der Waals surface area contributed by atoms with Gasteiger partial charge in [0.25, 0.3) is 5.60 Å². The SMILES string of the molecule is CCCCCCC1C2CCC23C(OC(=O)C(OC(=O)OCCl)(c2ccccc2)c2ccccc2)CC13. The Morgan fingerprint density at radius 1 is 0.972 bits per heavy atom.